The van der Waals surface area contributed by atoms with Crippen molar-refractivity contribution < 1.29 is 21.8 Å². The van der Waals surface area contributed by atoms with Gasteiger partial charge in [-0.2, -0.15) is 9.67 Å². The van der Waals surface area contributed by atoms with Crippen molar-refractivity contribution in [2.24, 2.45) is 5.10 Å². The molecule has 1 amide bonds. The Hall–Kier alpha value is -1.72. The van der Waals surface area contributed by atoms with Gasteiger partial charge in [0.1, 0.15) is 0 Å². The van der Waals surface area contributed by atoms with Crippen LogP contribution < -0.4 is 22.4 Å². The van der Waals surface area contributed by atoms with E-state index < -0.39 is 0 Å². The summed E-state index contributed by atoms with van der Waals surface area (Å²) in [6, 6.07) is 13.4. The van der Waals surface area contributed by atoms with E-state index in [0.717, 1.165) is 15.7 Å². The van der Waals surface area contributed by atoms with Gasteiger partial charge in [-0.3, -0.25) is 4.79 Å². The minimum Gasteiger partial charge on any atom is -1.00 e. The van der Waals surface area contributed by atoms with E-state index in [1.165, 1.54) is 0 Å². The van der Waals surface area contributed by atoms with E-state index in [9.17, 15) is 4.79 Å². The molecule has 0 spiro atoms. The molecule has 21 heavy (non-hydrogen) atoms. The minimum absolute atomic E-state index is 0. The van der Waals surface area contributed by atoms with Gasteiger partial charge in [0.2, 0.25) is 6.54 Å². The van der Waals surface area contributed by atoms with Gasteiger partial charge in [0.05, 0.1) is 5.71 Å². The standard InChI is InChI=1S/C15H14BrN3O.ClH/c1-12(13-5-7-14(16)8-6-13)17-18-15(20)11-19-9-3-2-4-10-19;/h2-10H,11H2,1H3;1H/b17-12+;. The van der Waals surface area contributed by atoms with Gasteiger partial charge < -0.3 is 12.4 Å². The number of amides is 1. The fourth-order valence-corrected chi connectivity index (χ4v) is 1.91. The predicted molar refractivity (Wildman–Crippen MR) is 81.1 cm³/mol. The Kier molecular flexibility index (Phi) is 7.05. The van der Waals surface area contributed by atoms with E-state index in [4.69, 9.17) is 0 Å². The monoisotopic (exact) mass is 367 g/mol. The zero-order valence-electron chi connectivity index (χ0n) is 11.5. The van der Waals surface area contributed by atoms with Gasteiger partial charge in [0.15, 0.2) is 12.4 Å². The summed E-state index contributed by atoms with van der Waals surface area (Å²) in [5.74, 6) is -0.155. The molecule has 0 unspecified atom stereocenters. The van der Waals surface area contributed by atoms with Gasteiger partial charge in [-0.1, -0.05) is 34.1 Å². The number of pyridine rings is 1. The van der Waals surface area contributed by atoms with Crippen LogP contribution in [0.2, 0.25) is 0 Å². The Labute approximate surface area is 138 Å². The van der Waals surface area contributed by atoms with Crippen LogP contribution in [0.3, 0.4) is 0 Å². The highest BCUT2D eigenvalue weighted by Crippen LogP contribution is 2.10. The number of nitrogens with zero attached hydrogens (tertiary/aromatic N) is 2. The Morgan fingerprint density at radius 2 is 1.81 bits per heavy atom. The Balaban J connectivity index is 0.00000220. The number of rotatable bonds is 4. The van der Waals surface area contributed by atoms with Crippen molar-refractivity contribution in [1.82, 2.24) is 5.43 Å². The third-order valence-electron chi connectivity index (χ3n) is 2.71. The predicted octanol–water partition coefficient (Wildman–Crippen LogP) is -0.719. The van der Waals surface area contributed by atoms with Crippen LogP contribution in [-0.4, -0.2) is 11.6 Å². The van der Waals surface area contributed by atoms with Crippen LogP contribution >= 0.6 is 15.9 Å². The van der Waals surface area contributed by atoms with Gasteiger partial charge in [0, 0.05) is 16.6 Å². The van der Waals surface area contributed by atoms with E-state index >= 15 is 0 Å². The lowest BCUT2D eigenvalue weighted by atomic mass is 10.1. The van der Waals surface area contributed by atoms with E-state index in [1.807, 2.05) is 61.8 Å². The molecule has 2 rings (SSSR count). The molecule has 0 saturated carbocycles. The molecule has 1 aromatic carbocycles. The first-order valence-electron chi connectivity index (χ1n) is 6.18. The number of hydrazone groups is 1. The number of nitrogens with one attached hydrogen (secondary N) is 1. The zero-order valence-corrected chi connectivity index (χ0v) is 13.8. The molecule has 0 aliphatic heterocycles. The number of benzene rings is 1. The highest BCUT2D eigenvalue weighted by atomic mass is 79.9. The third-order valence-corrected chi connectivity index (χ3v) is 3.24. The molecular formula is C15H15BrClN3O. The molecule has 0 aliphatic rings. The average Bonchev–Trinajstić information content (AvgIpc) is 2.46. The van der Waals surface area contributed by atoms with Crippen LogP contribution in [0.15, 0.2) is 64.4 Å². The number of hydrogen-bond acceptors (Lipinski definition) is 2. The van der Waals surface area contributed by atoms with Crippen LogP contribution in [0.5, 0.6) is 0 Å². The number of halogens is 2. The van der Waals surface area contributed by atoms with Crippen LogP contribution in [0.1, 0.15) is 12.5 Å². The number of aromatic nitrogens is 1. The summed E-state index contributed by atoms with van der Waals surface area (Å²) in [4.78, 5) is 11.8. The smallest absolute Gasteiger partial charge is 0.305 e. The van der Waals surface area contributed by atoms with Gasteiger partial charge in [-0.25, -0.2) is 5.43 Å². The van der Waals surface area contributed by atoms with Crippen molar-refractivity contribution in [3.05, 3.63) is 64.9 Å². The van der Waals surface area contributed by atoms with Crippen molar-refractivity contribution in [1.29, 1.82) is 0 Å². The van der Waals surface area contributed by atoms with E-state index in [2.05, 4.69) is 26.5 Å². The van der Waals surface area contributed by atoms with Crippen molar-refractivity contribution in [3.63, 3.8) is 0 Å². The van der Waals surface area contributed by atoms with Crippen molar-refractivity contribution >= 4 is 27.5 Å². The maximum atomic E-state index is 11.8. The highest BCUT2D eigenvalue weighted by molar-refractivity contribution is 9.10. The molecule has 2 aromatic rings. The Morgan fingerprint density at radius 1 is 1.19 bits per heavy atom. The lowest BCUT2D eigenvalue weighted by molar-refractivity contribution is -0.684. The fraction of sp³-hybridized carbons (Fsp3) is 0.133. The van der Waals surface area contributed by atoms with Crippen molar-refractivity contribution in [2.45, 2.75) is 13.5 Å². The molecule has 0 radical (unpaired) electrons. The van der Waals surface area contributed by atoms with E-state index in [-0.39, 0.29) is 24.9 Å². The Morgan fingerprint density at radius 3 is 2.43 bits per heavy atom. The molecule has 0 bridgehead atoms. The average molecular weight is 369 g/mol. The van der Waals surface area contributed by atoms with Crippen LogP contribution in [0.25, 0.3) is 0 Å². The second kappa shape index (κ2) is 8.54. The summed E-state index contributed by atoms with van der Waals surface area (Å²) in [6.45, 7) is 2.11. The summed E-state index contributed by atoms with van der Waals surface area (Å²) in [6.07, 6.45) is 3.68. The van der Waals surface area contributed by atoms with Gasteiger partial charge in [0.25, 0.3) is 0 Å². The summed E-state index contributed by atoms with van der Waals surface area (Å²) in [5.41, 5.74) is 4.30. The lowest BCUT2D eigenvalue weighted by Crippen LogP contribution is -3.00. The molecule has 4 nitrogen and oxygen atoms in total. The third kappa shape index (κ3) is 5.65. The topological polar surface area (TPSA) is 45.3 Å². The highest BCUT2D eigenvalue weighted by Gasteiger charge is 2.07. The maximum Gasteiger partial charge on any atom is 0.305 e. The van der Waals surface area contributed by atoms with Crippen LogP contribution in [-0.2, 0) is 11.3 Å². The second-order valence-corrected chi connectivity index (χ2v) is 5.20. The second-order valence-electron chi connectivity index (χ2n) is 4.29. The molecule has 110 valence electrons. The Bertz CT molecular complexity index is 615. The first-order chi connectivity index (χ1) is 9.65. The van der Waals surface area contributed by atoms with Crippen molar-refractivity contribution in [3.8, 4) is 0 Å². The van der Waals surface area contributed by atoms with Crippen molar-refractivity contribution in [2.75, 3.05) is 0 Å². The first kappa shape index (κ1) is 17.3. The summed E-state index contributed by atoms with van der Waals surface area (Å²) in [7, 11) is 0. The van der Waals surface area contributed by atoms with Crippen LogP contribution in [0.4, 0.5) is 0 Å². The van der Waals surface area contributed by atoms with E-state index in [0.29, 0.717) is 0 Å². The summed E-state index contributed by atoms with van der Waals surface area (Å²) in [5, 5.41) is 4.11. The number of carbonyl (C=O) groups is 1. The SMILES string of the molecule is C/C(=N\NC(=O)C[n+]1ccccc1)c1ccc(Br)cc1.[Cl-]. The first-order valence-corrected chi connectivity index (χ1v) is 6.97. The van der Waals surface area contributed by atoms with E-state index in [1.54, 1.807) is 4.57 Å². The molecule has 6 heteroatoms. The molecule has 0 atom stereocenters. The minimum atomic E-state index is -0.155. The van der Waals surface area contributed by atoms with Gasteiger partial charge >= 0.3 is 5.91 Å². The molecule has 1 heterocycles. The molecule has 0 aliphatic carbocycles. The summed E-state index contributed by atoms with van der Waals surface area (Å²) < 4.78 is 2.80. The molecule has 0 fully saturated rings. The maximum absolute atomic E-state index is 11.8. The lowest BCUT2D eigenvalue weighted by Gasteiger charge is -2.02. The quantitative estimate of drug-likeness (QED) is 0.432. The summed E-state index contributed by atoms with van der Waals surface area (Å²) >= 11 is 3.38. The number of carbonyl (C=O) groups excluding carboxylic acids is 1. The normalized spacial score (nSPS) is 10.7. The number of hydrogen-bond donors (Lipinski definition) is 1. The molecular weight excluding hydrogens is 354 g/mol. The van der Waals surface area contributed by atoms with Crippen LogP contribution in [0, 0.1) is 0 Å². The van der Waals surface area contributed by atoms with Gasteiger partial charge in [-0.15, -0.1) is 0 Å². The van der Waals surface area contributed by atoms with Gasteiger partial charge in [-0.05, 0) is 24.6 Å². The molecule has 1 N–H and O–H groups in total. The molecule has 0 saturated heterocycles. The molecule has 1 aromatic heterocycles. The largest absolute Gasteiger partial charge is 1.00 e. The fourth-order valence-electron chi connectivity index (χ4n) is 1.64. The zero-order chi connectivity index (χ0) is 14.4.